The van der Waals surface area contributed by atoms with E-state index in [0.29, 0.717) is 23.7 Å². The lowest BCUT2D eigenvalue weighted by Crippen LogP contribution is -2.48. The molecule has 0 spiro atoms. The van der Waals surface area contributed by atoms with E-state index < -0.39 is 6.04 Å². The molecule has 4 nitrogen and oxygen atoms in total. The van der Waals surface area contributed by atoms with Crippen LogP contribution in [-0.2, 0) is 17.8 Å². The first-order chi connectivity index (χ1) is 11.1. The first-order valence-corrected chi connectivity index (χ1v) is 8.71. The third-order valence-corrected chi connectivity index (χ3v) is 5.31. The Kier molecular flexibility index (Phi) is 4.68. The van der Waals surface area contributed by atoms with Gasteiger partial charge in [0.15, 0.2) is 0 Å². The first kappa shape index (κ1) is 16.0. The number of nitrogens with one attached hydrogen (secondary N) is 1. The molecule has 0 unspecified atom stereocenters. The molecule has 6 heteroatoms. The minimum Gasteiger partial charge on any atom is -0.340 e. The maximum absolute atomic E-state index is 12.6. The summed E-state index contributed by atoms with van der Waals surface area (Å²) in [7, 11) is 0. The van der Waals surface area contributed by atoms with E-state index >= 15 is 0 Å². The summed E-state index contributed by atoms with van der Waals surface area (Å²) >= 11 is 7.75. The highest BCUT2D eigenvalue weighted by atomic mass is 35.5. The summed E-state index contributed by atoms with van der Waals surface area (Å²) in [6.45, 7) is 3.02. The summed E-state index contributed by atoms with van der Waals surface area (Å²) in [4.78, 5) is 28.0. The number of hydrogen-bond donors (Lipinski definition) is 1. The van der Waals surface area contributed by atoms with Crippen molar-refractivity contribution in [3.8, 4) is 0 Å². The van der Waals surface area contributed by atoms with Crippen LogP contribution in [0.3, 0.4) is 0 Å². The Labute approximate surface area is 144 Å². The van der Waals surface area contributed by atoms with E-state index in [1.54, 1.807) is 47.4 Å². The molecule has 23 heavy (non-hydrogen) atoms. The average Bonchev–Trinajstić information content (AvgIpc) is 3.01. The van der Waals surface area contributed by atoms with E-state index in [1.165, 1.54) is 10.4 Å². The first-order valence-electron chi connectivity index (χ1n) is 7.45. The highest BCUT2D eigenvalue weighted by Gasteiger charge is 2.26. The number of halogens is 1. The van der Waals surface area contributed by atoms with E-state index in [4.69, 9.17) is 11.6 Å². The standard InChI is InChI=1S/C17H17ClN2O2S/c1-11(19-16(21)13-4-2-3-5-14(13)18)17(22)20-8-6-15-12(10-20)7-9-23-15/h2-5,7,9,11H,6,8,10H2,1H3,(H,19,21)/t11-/m0/s1. The maximum Gasteiger partial charge on any atom is 0.253 e. The van der Waals surface area contributed by atoms with Gasteiger partial charge in [0.05, 0.1) is 10.6 Å². The number of fused-ring (bicyclic) bond motifs is 1. The second kappa shape index (κ2) is 6.72. The van der Waals surface area contributed by atoms with Gasteiger partial charge in [-0.2, -0.15) is 0 Å². The monoisotopic (exact) mass is 348 g/mol. The summed E-state index contributed by atoms with van der Waals surface area (Å²) < 4.78 is 0. The van der Waals surface area contributed by atoms with Crippen LogP contribution < -0.4 is 5.32 Å². The molecule has 0 aliphatic carbocycles. The number of carbonyl (C=O) groups excluding carboxylic acids is 2. The van der Waals surface area contributed by atoms with Crippen molar-refractivity contribution in [2.75, 3.05) is 6.54 Å². The highest BCUT2D eigenvalue weighted by Crippen LogP contribution is 2.24. The molecule has 1 atom stereocenters. The summed E-state index contributed by atoms with van der Waals surface area (Å²) in [5.74, 6) is -0.396. The fourth-order valence-corrected chi connectivity index (χ4v) is 3.80. The summed E-state index contributed by atoms with van der Waals surface area (Å²) in [6.07, 6.45) is 0.879. The minimum atomic E-state index is -0.584. The van der Waals surface area contributed by atoms with Crippen molar-refractivity contribution in [2.24, 2.45) is 0 Å². The molecule has 0 fully saturated rings. The maximum atomic E-state index is 12.6. The second-order valence-corrected chi connectivity index (χ2v) is 6.96. The Bertz CT molecular complexity index is 744. The molecule has 0 bridgehead atoms. The van der Waals surface area contributed by atoms with Gasteiger partial charge in [-0.3, -0.25) is 9.59 Å². The summed E-state index contributed by atoms with van der Waals surface area (Å²) in [6, 6.07) is 8.29. The SMILES string of the molecule is C[C@H](NC(=O)c1ccccc1Cl)C(=O)N1CCc2sccc2C1. The second-order valence-electron chi connectivity index (χ2n) is 5.55. The molecule has 120 valence electrons. The molecule has 0 saturated carbocycles. The van der Waals surface area contributed by atoms with Crippen LogP contribution in [0.4, 0.5) is 0 Å². The van der Waals surface area contributed by atoms with Crippen LogP contribution in [0.15, 0.2) is 35.7 Å². The van der Waals surface area contributed by atoms with Crippen LogP contribution in [0.25, 0.3) is 0 Å². The summed E-state index contributed by atoms with van der Waals surface area (Å²) in [5, 5.41) is 5.18. The van der Waals surface area contributed by atoms with Crippen molar-refractivity contribution in [1.82, 2.24) is 10.2 Å². The van der Waals surface area contributed by atoms with Crippen molar-refractivity contribution < 1.29 is 9.59 Å². The predicted molar refractivity (Wildman–Crippen MR) is 91.8 cm³/mol. The lowest BCUT2D eigenvalue weighted by molar-refractivity contribution is -0.133. The van der Waals surface area contributed by atoms with E-state index in [0.717, 1.165) is 6.42 Å². The van der Waals surface area contributed by atoms with Gasteiger partial charge in [0.25, 0.3) is 5.91 Å². The zero-order valence-electron chi connectivity index (χ0n) is 12.7. The zero-order valence-corrected chi connectivity index (χ0v) is 14.3. The van der Waals surface area contributed by atoms with Gasteiger partial charge in [-0.05, 0) is 42.5 Å². The number of benzene rings is 1. The highest BCUT2D eigenvalue weighted by molar-refractivity contribution is 7.10. The smallest absolute Gasteiger partial charge is 0.253 e. The quantitative estimate of drug-likeness (QED) is 0.926. The molecule has 1 N–H and O–H groups in total. The molecule has 1 aliphatic heterocycles. The number of nitrogens with zero attached hydrogens (tertiary/aromatic N) is 1. The van der Waals surface area contributed by atoms with Crippen molar-refractivity contribution >= 4 is 34.8 Å². The normalized spacial score (nSPS) is 15.0. The molecule has 1 aromatic carbocycles. The number of hydrogen-bond acceptors (Lipinski definition) is 3. The largest absolute Gasteiger partial charge is 0.340 e. The third kappa shape index (κ3) is 3.41. The van der Waals surface area contributed by atoms with Gasteiger partial charge in [0.2, 0.25) is 5.91 Å². The molecule has 2 amide bonds. The minimum absolute atomic E-state index is 0.0674. The number of rotatable bonds is 3. The number of amides is 2. The number of carbonyl (C=O) groups is 2. The van der Waals surface area contributed by atoms with Crippen molar-refractivity contribution in [1.29, 1.82) is 0 Å². The van der Waals surface area contributed by atoms with Gasteiger partial charge >= 0.3 is 0 Å². The van der Waals surface area contributed by atoms with Crippen LogP contribution in [-0.4, -0.2) is 29.3 Å². The molecule has 1 aromatic heterocycles. The molecule has 3 rings (SSSR count). The Hall–Kier alpha value is -1.85. The Morgan fingerprint density at radius 2 is 2.09 bits per heavy atom. The van der Waals surface area contributed by atoms with Crippen molar-refractivity contribution in [3.05, 3.63) is 56.7 Å². The van der Waals surface area contributed by atoms with E-state index in [1.807, 2.05) is 0 Å². The van der Waals surface area contributed by atoms with E-state index in [9.17, 15) is 9.59 Å². The lowest BCUT2D eigenvalue weighted by Gasteiger charge is -2.29. The van der Waals surface area contributed by atoms with Gasteiger partial charge in [-0.1, -0.05) is 23.7 Å². The zero-order chi connectivity index (χ0) is 16.4. The molecule has 2 aromatic rings. The lowest BCUT2D eigenvalue weighted by atomic mass is 10.1. The topological polar surface area (TPSA) is 49.4 Å². The van der Waals surface area contributed by atoms with Gasteiger partial charge in [0, 0.05) is 18.0 Å². The molecular weight excluding hydrogens is 332 g/mol. The van der Waals surface area contributed by atoms with Crippen LogP contribution in [0.2, 0.25) is 5.02 Å². The fraction of sp³-hybridized carbons (Fsp3) is 0.294. The van der Waals surface area contributed by atoms with Gasteiger partial charge in [-0.25, -0.2) is 0 Å². The van der Waals surface area contributed by atoms with Crippen molar-refractivity contribution in [3.63, 3.8) is 0 Å². The third-order valence-electron chi connectivity index (χ3n) is 3.96. The van der Waals surface area contributed by atoms with E-state index in [2.05, 4.69) is 16.8 Å². The molecule has 0 saturated heterocycles. The van der Waals surface area contributed by atoms with Crippen LogP contribution in [0.1, 0.15) is 27.7 Å². The van der Waals surface area contributed by atoms with E-state index in [-0.39, 0.29) is 11.8 Å². The summed E-state index contributed by atoms with van der Waals surface area (Å²) in [5.41, 5.74) is 1.59. The molecule has 1 aliphatic rings. The average molecular weight is 349 g/mol. The van der Waals surface area contributed by atoms with Crippen molar-refractivity contribution in [2.45, 2.75) is 25.9 Å². The molecule has 0 radical (unpaired) electrons. The molecule has 2 heterocycles. The molecular formula is C17H17ClN2O2S. The predicted octanol–water partition coefficient (Wildman–Crippen LogP) is 3.10. The van der Waals surface area contributed by atoms with Crippen LogP contribution in [0.5, 0.6) is 0 Å². The van der Waals surface area contributed by atoms with Gasteiger partial charge in [-0.15, -0.1) is 11.3 Å². The van der Waals surface area contributed by atoms with Gasteiger partial charge < -0.3 is 10.2 Å². The van der Waals surface area contributed by atoms with Crippen LogP contribution >= 0.6 is 22.9 Å². The Morgan fingerprint density at radius 3 is 2.87 bits per heavy atom. The fourth-order valence-electron chi connectivity index (χ4n) is 2.69. The van der Waals surface area contributed by atoms with Crippen LogP contribution in [0, 0.1) is 0 Å². The van der Waals surface area contributed by atoms with Gasteiger partial charge in [0.1, 0.15) is 6.04 Å². The Balaban J connectivity index is 1.64. The Morgan fingerprint density at radius 1 is 1.30 bits per heavy atom. The number of thiophene rings is 1.